The van der Waals surface area contributed by atoms with Crippen molar-refractivity contribution >= 4 is 34.0 Å². The van der Waals surface area contributed by atoms with Gasteiger partial charge in [-0.3, -0.25) is 9.59 Å². The normalized spacial score (nSPS) is 10.8. The molecule has 0 radical (unpaired) electrons. The average molecular weight is 543 g/mol. The number of amides is 2. The number of hydrogen-bond donors (Lipinski definition) is 2. The van der Waals surface area contributed by atoms with Crippen molar-refractivity contribution in [2.45, 2.75) is 13.8 Å². The summed E-state index contributed by atoms with van der Waals surface area (Å²) in [4.78, 5) is 26.5. The summed E-state index contributed by atoms with van der Waals surface area (Å²) < 4.78 is 22.2. The summed E-state index contributed by atoms with van der Waals surface area (Å²) in [6, 6.07) is 25.3. The van der Waals surface area contributed by atoms with E-state index in [4.69, 9.17) is 18.9 Å². The first kappa shape index (κ1) is 28.6. The molecule has 0 saturated heterocycles. The predicted octanol–water partition coefficient (Wildman–Crippen LogP) is 6.18. The van der Waals surface area contributed by atoms with E-state index in [1.807, 2.05) is 62.4 Å². The molecule has 2 N–H and O–H groups in total. The van der Waals surface area contributed by atoms with Gasteiger partial charge in [-0.25, -0.2) is 0 Å². The van der Waals surface area contributed by atoms with Gasteiger partial charge in [-0.15, -0.1) is 0 Å². The lowest BCUT2D eigenvalue weighted by atomic mass is 10.1. The number of carbonyl (C=O) groups excluding carboxylic acids is 2. The maximum atomic E-state index is 13.3. The molecule has 4 aromatic rings. The molecule has 0 aliphatic carbocycles. The van der Waals surface area contributed by atoms with Gasteiger partial charge in [0.05, 0.1) is 24.3 Å². The van der Waals surface area contributed by atoms with Gasteiger partial charge < -0.3 is 29.6 Å². The number of anilines is 2. The quantitative estimate of drug-likeness (QED) is 0.185. The van der Waals surface area contributed by atoms with E-state index >= 15 is 0 Å². The summed E-state index contributed by atoms with van der Waals surface area (Å²) in [5.41, 5.74) is 2.06. The first-order valence-electron chi connectivity index (χ1n) is 13.4. The lowest BCUT2D eigenvalue weighted by Gasteiger charge is -2.15. The van der Waals surface area contributed by atoms with Gasteiger partial charge >= 0.3 is 0 Å². The molecule has 4 rings (SSSR count). The highest BCUT2D eigenvalue weighted by molar-refractivity contribution is 6.15. The van der Waals surface area contributed by atoms with Crippen LogP contribution in [0.1, 0.15) is 34.6 Å². The van der Waals surface area contributed by atoms with Crippen molar-refractivity contribution in [3.05, 3.63) is 96.1 Å². The second kappa shape index (κ2) is 14.7. The Morgan fingerprint density at radius 1 is 0.550 bits per heavy atom. The Balaban J connectivity index is 1.52. The molecule has 0 spiro atoms. The minimum absolute atomic E-state index is 0.299. The number of rotatable bonds is 14. The topological polar surface area (TPSA) is 95.1 Å². The molecule has 0 heterocycles. The van der Waals surface area contributed by atoms with Crippen LogP contribution in [0, 0.1) is 0 Å². The fraction of sp³-hybridized carbons (Fsp3) is 0.250. The van der Waals surface area contributed by atoms with Crippen LogP contribution < -0.4 is 20.1 Å². The molecule has 4 aromatic carbocycles. The number of benzene rings is 4. The summed E-state index contributed by atoms with van der Waals surface area (Å²) in [6.07, 6.45) is 0. The molecule has 0 aliphatic heterocycles. The average Bonchev–Trinajstić information content (AvgIpc) is 2.98. The molecule has 0 unspecified atom stereocenters. The fourth-order valence-electron chi connectivity index (χ4n) is 4.18. The molecular weight excluding hydrogens is 508 g/mol. The van der Waals surface area contributed by atoms with Gasteiger partial charge in [0.25, 0.3) is 11.8 Å². The predicted molar refractivity (Wildman–Crippen MR) is 157 cm³/mol. The Morgan fingerprint density at radius 2 is 0.975 bits per heavy atom. The third-order valence-electron chi connectivity index (χ3n) is 6.06. The lowest BCUT2D eigenvalue weighted by molar-refractivity contribution is 0.0992. The van der Waals surface area contributed by atoms with Crippen LogP contribution in [-0.2, 0) is 9.47 Å². The number of hydrogen-bond acceptors (Lipinski definition) is 6. The summed E-state index contributed by atoms with van der Waals surface area (Å²) in [5.74, 6) is 0.365. The van der Waals surface area contributed by atoms with Crippen LogP contribution in [0.15, 0.2) is 84.9 Å². The van der Waals surface area contributed by atoms with Crippen LogP contribution in [0.2, 0.25) is 0 Å². The van der Waals surface area contributed by atoms with Gasteiger partial charge in [0.2, 0.25) is 0 Å². The third kappa shape index (κ3) is 7.37. The van der Waals surface area contributed by atoms with Crippen molar-refractivity contribution in [3.63, 3.8) is 0 Å². The van der Waals surface area contributed by atoms with E-state index in [2.05, 4.69) is 10.6 Å². The largest absolute Gasteiger partial charge is 0.490 e. The van der Waals surface area contributed by atoms with E-state index in [9.17, 15) is 9.59 Å². The van der Waals surface area contributed by atoms with Crippen LogP contribution in [0.4, 0.5) is 11.4 Å². The molecule has 208 valence electrons. The molecule has 2 amide bonds. The molecule has 0 saturated carbocycles. The van der Waals surface area contributed by atoms with E-state index in [0.29, 0.717) is 73.6 Å². The standard InChI is InChI=1S/C32H34N2O6/c1-3-37-19-21-39-29-17-7-5-11-25(29)31(35)33-27-15-9-14-24-23(27)13-10-16-28(24)34-32(36)26-12-6-8-18-30(26)40-22-20-38-4-2/h5-18H,3-4,19-22H2,1-2H3,(H,33,35)(H,34,36). The van der Waals surface area contributed by atoms with Crippen molar-refractivity contribution in [2.75, 3.05) is 50.3 Å². The maximum Gasteiger partial charge on any atom is 0.259 e. The van der Waals surface area contributed by atoms with Crippen molar-refractivity contribution < 1.29 is 28.5 Å². The van der Waals surface area contributed by atoms with Crippen LogP contribution in [0.25, 0.3) is 10.8 Å². The van der Waals surface area contributed by atoms with Gasteiger partial charge in [0, 0.05) is 35.4 Å². The molecule has 0 atom stereocenters. The van der Waals surface area contributed by atoms with Crippen molar-refractivity contribution in [1.29, 1.82) is 0 Å². The molecular formula is C32H34N2O6. The number of ether oxygens (including phenoxy) is 4. The number of fused-ring (bicyclic) bond motifs is 1. The van der Waals surface area contributed by atoms with Crippen molar-refractivity contribution in [1.82, 2.24) is 0 Å². The fourth-order valence-corrected chi connectivity index (χ4v) is 4.18. The van der Waals surface area contributed by atoms with Crippen molar-refractivity contribution in [3.8, 4) is 11.5 Å². The first-order valence-corrected chi connectivity index (χ1v) is 13.4. The molecule has 8 heteroatoms. The van der Waals surface area contributed by atoms with Gasteiger partial charge in [0.15, 0.2) is 0 Å². The summed E-state index contributed by atoms with van der Waals surface area (Å²) in [6.45, 7) is 6.60. The lowest BCUT2D eigenvalue weighted by Crippen LogP contribution is -2.16. The molecule has 0 aromatic heterocycles. The molecule has 0 aliphatic rings. The number of nitrogens with one attached hydrogen (secondary N) is 2. The second-order valence-corrected chi connectivity index (χ2v) is 8.70. The number of para-hydroxylation sites is 2. The Hall–Kier alpha value is -4.40. The van der Waals surface area contributed by atoms with Crippen LogP contribution >= 0.6 is 0 Å². The third-order valence-corrected chi connectivity index (χ3v) is 6.06. The monoisotopic (exact) mass is 542 g/mol. The Labute approximate surface area is 234 Å². The van der Waals surface area contributed by atoms with Crippen LogP contribution in [0.3, 0.4) is 0 Å². The second-order valence-electron chi connectivity index (χ2n) is 8.70. The highest BCUT2D eigenvalue weighted by atomic mass is 16.5. The molecule has 0 bridgehead atoms. The summed E-state index contributed by atoms with van der Waals surface area (Å²) >= 11 is 0. The number of carbonyl (C=O) groups is 2. The minimum atomic E-state index is -0.299. The Kier molecular flexibility index (Phi) is 10.5. The molecule has 40 heavy (non-hydrogen) atoms. The van der Waals surface area contributed by atoms with E-state index in [1.165, 1.54) is 0 Å². The highest BCUT2D eigenvalue weighted by Crippen LogP contribution is 2.31. The van der Waals surface area contributed by atoms with E-state index < -0.39 is 0 Å². The zero-order valence-electron chi connectivity index (χ0n) is 22.8. The molecule has 8 nitrogen and oxygen atoms in total. The van der Waals surface area contributed by atoms with Gasteiger partial charge in [0.1, 0.15) is 24.7 Å². The highest BCUT2D eigenvalue weighted by Gasteiger charge is 2.17. The summed E-state index contributed by atoms with van der Waals surface area (Å²) in [7, 11) is 0. The minimum Gasteiger partial charge on any atom is -0.490 e. The zero-order chi connectivity index (χ0) is 28.2. The SMILES string of the molecule is CCOCCOc1ccccc1C(=O)Nc1cccc2c(NC(=O)c3ccccc3OCCOCC)cccc12. The van der Waals surface area contributed by atoms with Gasteiger partial charge in [-0.1, -0.05) is 48.5 Å². The van der Waals surface area contributed by atoms with Crippen LogP contribution in [0.5, 0.6) is 11.5 Å². The van der Waals surface area contributed by atoms with E-state index in [0.717, 1.165) is 10.8 Å². The Morgan fingerprint density at radius 3 is 1.40 bits per heavy atom. The van der Waals surface area contributed by atoms with Crippen LogP contribution in [-0.4, -0.2) is 51.5 Å². The van der Waals surface area contributed by atoms with Crippen molar-refractivity contribution in [2.24, 2.45) is 0 Å². The smallest absolute Gasteiger partial charge is 0.259 e. The van der Waals surface area contributed by atoms with E-state index in [-0.39, 0.29) is 11.8 Å². The Bertz CT molecular complexity index is 1330. The van der Waals surface area contributed by atoms with Gasteiger partial charge in [-0.2, -0.15) is 0 Å². The van der Waals surface area contributed by atoms with E-state index in [1.54, 1.807) is 36.4 Å². The molecule has 0 fully saturated rings. The summed E-state index contributed by atoms with van der Waals surface area (Å²) in [5, 5.41) is 7.57. The van der Waals surface area contributed by atoms with Gasteiger partial charge in [-0.05, 0) is 50.2 Å². The zero-order valence-corrected chi connectivity index (χ0v) is 22.8. The first-order chi connectivity index (χ1) is 19.6. The maximum absolute atomic E-state index is 13.3.